The summed E-state index contributed by atoms with van der Waals surface area (Å²) >= 11 is 0. The van der Waals surface area contributed by atoms with Crippen LogP contribution in [0.5, 0.6) is 11.5 Å². The molecule has 3 aliphatic heterocycles. The summed E-state index contributed by atoms with van der Waals surface area (Å²) in [6.07, 6.45) is -15.9. The molecule has 6 aromatic carbocycles. The van der Waals surface area contributed by atoms with E-state index in [1.54, 1.807) is 12.1 Å². The molecule has 0 unspecified atom stereocenters. The zero-order valence-electron chi connectivity index (χ0n) is 37.0. The molecule has 3 heterocycles. The number of rotatable bonds is 6. The second-order valence-corrected chi connectivity index (χ2v) is 18.2. The van der Waals surface area contributed by atoms with E-state index in [4.69, 9.17) is 9.47 Å². The highest BCUT2D eigenvalue weighted by Crippen LogP contribution is 2.55. The summed E-state index contributed by atoms with van der Waals surface area (Å²) in [6.45, 7) is 1.43. The molecule has 0 aliphatic carbocycles. The van der Waals surface area contributed by atoms with Gasteiger partial charge in [0.25, 0.3) is 0 Å². The van der Waals surface area contributed by atoms with E-state index in [0.29, 0.717) is 61.0 Å². The van der Waals surface area contributed by atoms with Crippen LogP contribution in [0.1, 0.15) is 98.9 Å². The number of hydrogen-bond acceptors (Lipinski definition) is 4. The van der Waals surface area contributed by atoms with Crippen molar-refractivity contribution in [1.82, 2.24) is 0 Å². The van der Waals surface area contributed by atoms with Crippen molar-refractivity contribution in [3.8, 4) is 22.6 Å². The third-order valence-electron chi connectivity index (χ3n) is 13.9. The first-order valence-electron chi connectivity index (χ1n) is 22.5. The van der Waals surface area contributed by atoms with Gasteiger partial charge in [0.2, 0.25) is 0 Å². The Bertz CT molecular complexity index is 2560. The van der Waals surface area contributed by atoms with Crippen molar-refractivity contribution < 1.29 is 76.9 Å². The molecule has 1 saturated heterocycles. The predicted octanol–water partition coefficient (Wildman–Crippen LogP) is 13.6. The molecule has 1 spiro atoms. The molecule has 9 rings (SSSR count). The van der Waals surface area contributed by atoms with Crippen LogP contribution in [0.25, 0.3) is 11.1 Å². The van der Waals surface area contributed by atoms with E-state index in [0.717, 1.165) is 103 Å². The van der Waals surface area contributed by atoms with Crippen LogP contribution in [0, 0.1) is 0 Å². The summed E-state index contributed by atoms with van der Waals surface area (Å²) < 4.78 is 181. The molecule has 0 radical (unpaired) electrons. The fourth-order valence-corrected chi connectivity index (χ4v) is 10.4. The van der Waals surface area contributed by atoms with Gasteiger partial charge >= 0.3 is 24.7 Å². The Kier molecular flexibility index (Phi) is 12.4. The quantitative estimate of drug-likeness (QED) is 0.0992. The Hall–Kier alpha value is -6.04. The lowest BCUT2D eigenvalue weighted by molar-refractivity contribution is -0.957. The molecule has 368 valence electrons. The summed E-state index contributed by atoms with van der Waals surface area (Å²) in [5.41, 5.74) is -7.97. The van der Waals surface area contributed by atoms with Crippen LogP contribution in [-0.4, -0.2) is 41.0 Å². The van der Waals surface area contributed by atoms with Crippen molar-refractivity contribution in [2.75, 3.05) is 26.3 Å². The molecular weight excluding hydrogens is 943 g/mol. The molecule has 0 aromatic heterocycles. The summed E-state index contributed by atoms with van der Waals surface area (Å²) in [5, 5.41) is 27.0. The molecule has 17 heteroatoms. The SMILES string of the molecule is OC(c1ccc(C(F)(F)F)cc1)(c1ccc(C(F)(F)F)cc1)c1ccc2c3c1C[N+]1(CCCCC1)Cc1c(C(O)(c4ccc(C(F)(F)F)cc4)c4ccc(C(F)(F)F)cc4)ccc(c1-3)OCCCCO2. The zero-order valence-corrected chi connectivity index (χ0v) is 37.0. The van der Waals surface area contributed by atoms with Crippen molar-refractivity contribution in [2.24, 2.45) is 0 Å². The number of nitrogens with zero attached hydrogens (tertiary/aromatic N) is 1. The normalized spacial score (nSPS) is 16.7. The third kappa shape index (κ3) is 8.89. The predicted molar refractivity (Wildman–Crippen MR) is 233 cm³/mol. The molecule has 70 heavy (non-hydrogen) atoms. The van der Waals surface area contributed by atoms with Gasteiger partial charge in [-0.15, -0.1) is 0 Å². The summed E-state index contributed by atoms with van der Waals surface area (Å²) in [4.78, 5) is 0. The topological polar surface area (TPSA) is 58.9 Å². The number of alkyl halides is 12. The molecule has 1 fully saturated rings. The maximum atomic E-state index is 14.0. The molecule has 6 aromatic rings. The van der Waals surface area contributed by atoms with Gasteiger partial charge < -0.3 is 24.2 Å². The Balaban J connectivity index is 1.39. The van der Waals surface area contributed by atoms with Gasteiger partial charge in [-0.2, -0.15) is 52.7 Å². The van der Waals surface area contributed by atoms with Gasteiger partial charge in [0, 0.05) is 33.4 Å². The maximum absolute atomic E-state index is 14.0. The van der Waals surface area contributed by atoms with Crippen LogP contribution in [0.15, 0.2) is 121 Å². The lowest BCUT2D eigenvalue weighted by atomic mass is 9.74. The minimum absolute atomic E-state index is 0.0813. The minimum atomic E-state index is -4.78. The number of piperidine rings is 1. The average molecular weight is 987 g/mol. The number of benzene rings is 6. The third-order valence-corrected chi connectivity index (χ3v) is 13.9. The highest BCUT2D eigenvalue weighted by Gasteiger charge is 2.48. The zero-order chi connectivity index (χ0) is 50.1. The monoisotopic (exact) mass is 986 g/mol. The molecule has 0 bridgehead atoms. The summed E-state index contributed by atoms with van der Waals surface area (Å²) in [7, 11) is 0. The van der Waals surface area contributed by atoms with Crippen LogP contribution in [0.2, 0.25) is 0 Å². The second-order valence-electron chi connectivity index (χ2n) is 18.2. The first-order chi connectivity index (χ1) is 32.9. The Morgan fingerprint density at radius 3 is 0.886 bits per heavy atom. The van der Waals surface area contributed by atoms with Gasteiger partial charge in [-0.3, -0.25) is 0 Å². The van der Waals surface area contributed by atoms with E-state index < -0.39 is 58.2 Å². The van der Waals surface area contributed by atoms with Crippen molar-refractivity contribution in [3.05, 3.63) is 188 Å². The van der Waals surface area contributed by atoms with Gasteiger partial charge in [0.05, 0.1) is 48.6 Å². The fourth-order valence-electron chi connectivity index (χ4n) is 10.4. The van der Waals surface area contributed by atoms with Gasteiger partial charge in [0.1, 0.15) is 35.8 Å². The molecular formula is C53H44F12NO4+. The van der Waals surface area contributed by atoms with E-state index in [2.05, 4.69) is 0 Å². The second kappa shape index (κ2) is 17.7. The smallest absolute Gasteiger partial charge is 0.416 e. The lowest BCUT2D eigenvalue weighted by Gasteiger charge is -2.43. The van der Waals surface area contributed by atoms with E-state index >= 15 is 0 Å². The van der Waals surface area contributed by atoms with Crippen molar-refractivity contribution in [1.29, 1.82) is 0 Å². The summed E-state index contributed by atoms with van der Waals surface area (Å²) in [5.74, 6) is 0.492. The highest BCUT2D eigenvalue weighted by molar-refractivity contribution is 5.85. The number of halogens is 12. The van der Waals surface area contributed by atoms with Crippen LogP contribution in [0.4, 0.5) is 52.7 Å². The molecule has 0 amide bonds. The van der Waals surface area contributed by atoms with Crippen LogP contribution in [-0.2, 0) is 49.0 Å². The number of aliphatic hydroxyl groups is 2. The Morgan fingerprint density at radius 1 is 0.343 bits per heavy atom. The highest BCUT2D eigenvalue weighted by atomic mass is 19.4. The maximum Gasteiger partial charge on any atom is 0.416 e. The largest absolute Gasteiger partial charge is 0.493 e. The number of hydrogen-bond donors (Lipinski definition) is 2. The molecule has 2 N–H and O–H groups in total. The first-order valence-corrected chi connectivity index (χ1v) is 22.5. The van der Waals surface area contributed by atoms with E-state index in [1.807, 2.05) is 0 Å². The van der Waals surface area contributed by atoms with Crippen LogP contribution < -0.4 is 9.47 Å². The van der Waals surface area contributed by atoms with E-state index in [9.17, 15) is 62.9 Å². The van der Waals surface area contributed by atoms with Gasteiger partial charge in [0.15, 0.2) is 0 Å². The van der Waals surface area contributed by atoms with E-state index in [-0.39, 0.29) is 75.7 Å². The van der Waals surface area contributed by atoms with Gasteiger partial charge in [-0.05, 0) is 115 Å². The Labute approximate surface area is 394 Å². The minimum Gasteiger partial charge on any atom is -0.493 e. The molecule has 0 atom stereocenters. The first kappa shape index (κ1) is 49.0. The van der Waals surface area contributed by atoms with Gasteiger partial charge in [-0.25, -0.2) is 0 Å². The lowest BCUT2D eigenvalue weighted by Crippen LogP contribution is -2.50. The van der Waals surface area contributed by atoms with E-state index in [1.165, 1.54) is 12.1 Å². The number of quaternary nitrogens is 1. The van der Waals surface area contributed by atoms with Crippen LogP contribution >= 0.6 is 0 Å². The van der Waals surface area contributed by atoms with Crippen molar-refractivity contribution in [3.63, 3.8) is 0 Å². The fraction of sp³-hybridized carbons (Fsp3) is 0.321. The van der Waals surface area contributed by atoms with Crippen LogP contribution in [0.3, 0.4) is 0 Å². The number of ether oxygens (including phenoxy) is 2. The molecule has 0 saturated carbocycles. The standard InChI is InChI=1S/C53H44F12NO4/c54-50(55,56)36-14-6-32(7-15-36)48(67,33-8-16-37(17-9-33)51(57,58)59)42-22-24-44-46-40(42)30-66(26-2-1-3-27-66)31-41-43(23-25-45(47(41)46)70-29-5-4-28-69-44)49(68,34-10-18-38(19-11-34)52(60,61)62)35-12-20-39(21-13-35)53(63,64)65/h6-25,67-68H,1-5,26-31H2/q+1. The Morgan fingerprint density at radius 2 is 0.614 bits per heavy atom. The van der Waals surface area contributed by atoms with Crippen molar-refractivity contribution in [2.45, 2.75) is 81.1 Å². The average Bonchev–Trinajstić information content (AvgIpc) is 3.46. The van der Waals surface area contributed by atoms with Gasteiger partial charge in [-0.1, -0.05) is 60.7 Å². The summed E-state index contributed by atoms with van der Waals surface area (Å²) in [6, 6.07) is 20.8. The van der Waals surface area contributed by atoms with Crippen molar-refractivity contribution >= 4 is 0 Å². The molecule has 3 aliphatic rings. The molecule has 5 nitrogen and oxygen atoms in total.